The molecule has 1 unspecified atom stereocenters. The Morgan fingerprint density at radius 3 is 2.67 bits per heavy atom. The number of hydrogen-bond acceptors (Lipinski definition) is 4. The van der Waals surface area contributed by atoms with Gasteiger partial charge in [-0.15, -0.1) is 0 Å². The maximum Gasteiger partial charge on any atom is 0.274 e. The minimum atomic E-state index is -0.383. The maximum absolute atomic E-state index is 10.8. The average molecular weight is 252 g/mol. The summed E-state index contributed by atoms with van der Waals surface area (Å²) in [6.45, 7) is 6.37. The number of rotatable bonds is 6. The van der Waals surface area contributed by atoms with Crippen molar-refractivity contribution < 1.29 is 10.0 Å². The van der Waals surface area contributed by atoms with E-state index in [2.05, 4.69) is 5.32 Å². The van der Waals surface area contributed by atoms with E-state index in [1.807, 2.05) is 19.9 Å². The molecule has 0 aromatic heterocycles. The summed E-state index contributed by atoms with van der Waals surface area (Å²) in [5, 5.41) is 23.3. The summed E-state index contributed by atoms with van der Waals surface area (Å²) >= 11 is 0. The van der Waals surface area contributed by atoms with E-state index in [0.29, 0.717) is 17.8 Å². The molecule has 0 aliphatic heterocycles. The van der Waals surface area contributed by atoms with Gasteiger partial charge in [0.25, 0.3) is 5.69 Å². The molecule has 0 aliphatic carbocycles. The molecule has 0 spiro atoms. The highest BCUT2D eigenvalue weighted by Gasteiger charge is 2.21. The number of anilines is 1. The molecule has 1 rings (SSSR count). The SMILES string of the molecule is CCC(C)(CO)CNc1ccc(C)c([N+](=O)[O-])c1. The normalized spacial score (nSPS) is 14.0. The van der Waals surface area contributed by atoms with Crippen LogP contribution in [0.15, 0.2) is 18.2 Å². The van der Waals surface area contributed by atoms with E-state index >= 15 is 0 Å². The molecule has 0 heterocycles. The van der Waals surface area contributed by atoms with Crippen molar-refractivity contribution in [3.8, 4) is 0 Å². The minimum Gasteiger partial charge on any atom is -0.396 e. The van der Waals surface area contributed by atoms with Crippen LogP contribution in [0.5, 0.6) is 0 Å². The van der Waals surface area contributed by atoms with Crippen LogP contribution in [0, 0.1) is 22.5 Å². The Labute approximate surface area is 107 Å². The van der Waals surface area contributed by atoms with Gasteiger partial charge in [-0.2, -0.15) is 0 Å². The Kier molecular flexibility index (Phi) is 4.67. The molecule has 1 aromatic carbocycles. The molecule has 5 nitrogen and oxygen atoms in total. The van der Waals surface area contributed by atoms with Crippen LogP contribution in [0.2, 0.25) is 0 Å². The molecular weight excluding hydrogens is 232 g/mol. The standard InChI is InChI=1S/C13H20N2O3/c1-4-13(3,9-16)8-14-11-6-5-10(2)12(7-11)15(17)18/h5-7,14,16H,4,8-9H2,1-3H3. The monoisotopic (exact) mass is 252 g/mol. The first-order chi connectivity index (χ1) is 8.41. The van der Waals surface area contributed by atoms with Crippen LogP contribution < -0.4 is 5.32 Å². The molecular formula is C13H20N2O3. The number of aryl methyl sites for hydroxylation is 1. The third-order valence-electron chi connectivity index (χ3n) is 3.36. The fourth-order valence-electron chi connectivity index (χ4n) is 1.52. The van der Waals surface area contributed by atoms with Crippen molar-refractivity contribution in [3.05, 3.63) is 33.9 Å². The van der Waals surface area contributed by atoms with E-state index in [4.69, 9.17) is 0 Å². The van der Waals surface area contributed by atoms with E-state index in [0.717, 1.165) is 6.42 Å². The first-order valence-corrected chi connectivity index (χ1v) is 6.01. The highest BCUT2D eigenvalue weighted by Crippen LogP contribution is 2.25. The summed E-state index contributed by atoms with van der Waals surface area (Å²) in [6, 6.07) is 5.07. The summed E-state index contributed by atoms with van der Waals surface area (Å²) < 4.78 is 0. The number of nitrogens with zero attached hydrogens (tertiary/aromatic N) is 1. The number of hydrogen-bond donors (Lipinski definition) is 2. The van der Waals surface area contributed by atoms with Crippen LogP contribution >= 0.6 is 0 Å². The molecule has 100 valence electrons. The second kappa shape index (κ2) is 5.82. The van der Waals surface area contributed by atoms with Gasteiger partial charge in [-0.25, -0.2) is 0 Å². The zero-order chi connectivity index (χ0) is 13.8. The van der Waals surface area contributed by atoms with Crippen LogP contribution in [-0.2, 0) is 0 Å². The van der Waals surface area contributed by atoms with Crippen molar-refractivity contribution in [2.24, 2.45) is 5.41 Å². The summed E-state index contributed by atoms with van der Waals surface area (Å²) in [5.41, 5.74) is 1.26. The Bertz CT molecular complexity index is 428. The molecule has 0 radical (unpaired) electrons. The van der Waals surface area contributed by atoms with E-state index < -0.39 is 0 Å². The zero-order valence-electron chi connectivity index (χ0n) is 11.1. The third kappa shape index (κ3) is 3.43. The summed E-state index contributed by atoms with van der Waals surface area (Å²) in [7, 11) is 0. The first-order valence-electron chi connectivity index (χ1n) is 6.01. The zero-order valence-corrected chi connectivity index (χ0v) is 11.1. The number of aliphatic hydroxyl groups is 1. The lowest BCUT2D eigenvalue weighted by Gasteiger charge is -2.26. The fourth-order valence-corrected chi connectivity index (χ4v) is 1.52. The number of nitrogens with one attached hydrogen (secondary N) is 1. The molecule has 0 saturated heterocycles. The molecule has 0 bridgehead atoms. The lowest BCUT2D eigenvalue weighted by atomic mass is 9.88. The molecule has 5 heteroatoms. The van der Waals surface area contributed by atoms with Gasteiger partial charge in [-0.05, 0) is 19.4 Å². The van der Waals surface area contributed by atoms with Gasteiger partial charge in [-0.3, -0.25) is 10.1 Å². The lowest BCUT2D eigenvalue weighted by Crippen LogP contribution is -2.29. The van der Waals surface area contributed by atoms with Crippen LogP contribution in [0.25, 0.3) is 0 Å². The van der Waals surface area contributed by atoms with Crippen LogP contribution in [0.1, 0.15) is 25.8 Å². The predicted octanol–water partition coefficient (Wildman–Crippen LogP) is 2.72. The Morgan fingerprint density at radius 2 is 2.17 bits per heavy atom. The highest BCUT2D eigenvalue weighted by atomic mass is 16.6. The van der Waals surface area contributed by atoms with Gasteiger partial charge in [-0.1, -0.05) is 19.9 Å². The maximum atomic E-state index is 10.8. The van der Waals surface area contributed by atoms with Crippen molar-refractivity contribution in [2.45, 2.75) is 27.2 Å². The molecule has 0 amide bonds. The Hall–Kier alpha value is -1.62. The first kappa shape index (κ1) is 14.4. The molecule has 0 saturated carbocycles. The van der Waals surface area contributed by atoms with Crippen molar-refractivity contribution >= 4 is 11.4 Å². The van der Waals surface area contributed by atoms with Crippen molar-refractivity contribution in [1.82, 2.24) is 0 Å². The van der Waals surface area contributed by atoms with Gasteiger partial charge in [0.1, 0.15) is 0 Å². The van der Waals surface area contributed by atoms with Crippen LogP contribution in [-0.4, -0.2) is 23.2 Å². The number of nitro benzene ring substituents is 1. The Balaban J connectivity index is 2.80. The molecule has 2 N–H and O–H groups in total. The second-order valence-electron chi connectivity index (χ2n) is 4.93. The Morgan fingerprint density at radius 1 is 1.50 bits per heavy atom. The predicted molar refractivity (Wildman–Crippen MR) is 71.8 cm³/mol. The van der Waals surface area contributed by atoms with Crippen molar-refractivity contribution in [2.75, 3.05) is 18.5 Å². The quantitative estimate of drug-likeness (QED) is 0.603. The number of benzene rings is 1. The average Bonchev–Trinajstić information content (AvgIpc) is 2.37. The van der Waals surface area contributed by atoms with Gasteiger partial charge in [0.05, 0.1) is 11.5 Å². The molecule has 0 aliphatic rings. The fraction of sp³-hybridized carbons (Fsp3) is 0.538. The van der Waals surface area contributed by atoms with E-state index in [-0.39, 0.29) is 22.6 Å². The van der Waals surface area contributed by atoms with Gasteiger partial charge in [0.15, 0.2) is 0 Å². The number of nitro groups is 1. The molecule has 0 fully saturated rings. The smallest absolute Gasteiger partial charge is 0.274 e. The topological polar surface area (TPSA) is 75.4 Å². The van der Waals surface area contributed by atoms with Crippen molar-refractivity contribution in [1.29, 1.82) is 0 Å². The van der Waals surface area contributed by atoms with Crippen molar-refractivity contribution in [3.63, 3.8) is 0 Å². The summed E-state index contributed by atoms with van der Waals surface area (Å²) in [5.74, 6) is 0. The van der Waals surface area contributed by atoms with Gasteiger partial charge >= 0.3 is 0 Å². The van der Waals surface area contributed by atoms with Gasteiger partial charge in [0, 0.05) is 29.3 Å². The van der Waals surface area contributed by atoms with E-state index in [1.165, 1.54) is 6.07 Å². The minimum absolute atomic E-state index is 0.0878. The van der Waals surface area contributed by atoms with E-state index in [1.54, 1.807) is 13.0 Å². The van der Waals surface area contributed by atoms with E-state index in [9.17, 15) is 15.2 Å². The second-order valence-corrected chi connectivity index (χ2v) is 4.93. The highest BCUT2D eigenvalue weighted by molar-refractivity contribution is 5.54. The lowest BCUT2D eigenvalue weighted by molar-refractivity contribution is -0.385. The summed E-state index contributed by atoms with van der Waals surface area (Å²) in [6.07, 6.45) is 0.838. The number of aliphatic hydroxyl groups excluding tert-OH is 1. The van der Waals surface area contributed by atoms with Gasteiger partial charge < -0.3 is 10.4 Å². The molecule has 18 heavy (non-hydrogen) atoms. The third-order valence-corrected chi connectivity index (χ3v) is 3.36. The van der Waals surface area contributed by atoms with Crippen LogP contribution in [0.3, 0.4) is 0 Å². The largest absolute Gasteiger partial charge is 0.396 e. The van der Waals surface area contributed by atoms with Gasteiger partial charge in [0.2, 0.25) is 0 Å². The van der Waals surface area contributed by atoms with Crippen LogP contribution in [0.4, 0.5) is 11.4 Å². The molecule has 1 atom stereocenters. The summed E-state index contributed by atoms with van der Waals surface area (Å²) in [4.78, 5) is 10.4. The molecule has 1 aromatic rings.